The van der Waals surface area contributed by atoms with Gasteiger partial charge in [0.05, 0.1) is 23.4 Å². The van der Waals surface area contributed by atoms with Crippen molar-refractivity contribution >= 4 is 23.3 Å². The lowest BCUT2D eigenvalue weighted by atomic mass is 9.97. The smallest absolute Gasteiger partial charge is 0.358 e. The Labute approximate surface area is 255 Å². The quantitative estimate of drug-likeness (QED) is 0.161. The summed E-state index contributed by atoms with van der Waals surface area (Å²) < 4.78 is 18.8. The summed E-state index contributed by atoms with van der Waals surface area (Å²) in [6.07, 6.45) is 4.33. The van der Waals surface area contributed by atoms with Crippen molar-refractivity contribution in [1.82, 2.24) is 14.9 Å². The first-order valence-corrected chi connectivity index (χ1v) is 15.2. The molecule has 3 heterocycles. The summed E-state index contributed by atoms with van der Waals surface area (Å²) in [5.41, 5.74) is 6.63. The van der Waals surface area contributed by atoms with Crippen molar-refractivity contribution in [1.29, 1.82) is 0 Å². The zero-order chi connectivity index (χ0) is 30.1. The van der Waals surface area contributed by atoms with E-state index in [1.165, 1.54) is 12.7 Å². The molecule has 0 radical (unpaired) electrons. The number of nitrogens with zero attached hydrogens (tertiary/aromatic N) is 4. The lowest BCUT2D eigenvalue weighted by Gasteiger charge is -2.14. The topological polar surface area (TPSA) is 101 Å². The van der Waals surface area contributed by atoms with Crippen molar-refractivity contribution in [3.8, 4) is 17.0 Å². The second kappa shape index (κ2) is 12.2. The van der Waals surface area contributed by atoms with E-state index in [0.29, 0.717) is 41.1 Å². The highest BCUT2D eigenvalue weighted by Crippen LogP contribution is 2.45. The van der Waals surface area contributed by atoms with Crippen molar-refractivity contribution in [3.63, 3.8) is 0 Å². The SMILES string of the molecule is CCCc1ccccc1-c1noc(C2CC2)c1COc1ccc(C2CC(c3cc(C(=O)OC)nn3C(C)C)=NO2)c(Cl)c1. The molecule has 1 atom stereocenters. The number of hydrogen-bond acceptors (Lipinski definition) is 8. The zero-order valence-corrected chi connectivity index (χ0v) is 25.6. The van der Waals surface area contributed by atoms with Gasteiger partial charge in [0.2, 0.25) is 0 Å². The minimum absolute atomic E-state index is 0.0154. The molecule has 10 heteroatoms. The summed E-state index contributed by atoms with van der Waals surface area (Å²) in [4.78, 5) is 17.9. The van der Waals surface area contributed by atoms with Crippen LogP contribution >= 0.6 is 11.6 Å². The van der Waals surface area contributed by atoms with Crippen LogP contribution in [-0.2, 0) is 22.6 Å². The van der Waals surface area contributed by atoms with Crippen molar-refractivity contribution in [2.24, 2.45) is 5.16 Å². The lowest BCUT2D eigenvalue weighted by Crippen LogP contribution is -2.13. The van der Waals surface area contributed by atoms with Gasteiger partial charge in [0, 0.05) is 35.6 Å². The fourth-order valence-electron chi connectivity index (χ4n) is 5.50. The summed E-state index contributed by atoms with van der Waals surface area (Å²) in [5.74, 6) is 1.46. The van der Waals surface area contributed by atoms with Gasteiger partial charge < -0.3 is 18.8 Å². The number of ether oxygens (including phenoxy) is 2. The Hall–Kier alpha value is -4.11. The van der Waals surface area contributed by atoms with Gasteiger partial charge in [-0.15, -0.1) is 0 Å². The van der Waals surface area contributed by atoms with Crippen LogP contribution in [0.4, 0.5) is 0 Å². The Morgan fingerprint density at radius 1 is 1.16 bits per heavy atom. The number of methoxy groups -OCH3 is 1. The maximum absolute atomic E-state index is 12.1. The van der Waals surface area contributed by atoms with E-state index in [-0.39, 0.29) is 17.8 Å². The molecule has 0 saturated heterocycles. The van der Waals surface area contributed by atoms with E-state index in [1.807, 2.05) is 32.0 Å². The summed E-state index contributed by atoms with van der Waals surface area (Å²) in [6.45, 7) is 6.48. The van der Waals surface area contributed by atoms with E-state index >= 15 is 0 Å². The third-order valence-corrected chi connectivity index (χ3v) is 8.17. The molecule has 0 spiro atoms. The Morgan fingerprint density at radius 3 is 2.70 bits per heavy atom. The highest BCUT2D eigenvalue weighted by Gasteiger charge is 2.34. The molecule has 2 aliphatic rings. The molecule has 0 bridgehead atoms. The number of hydrogen-bond donors (Lipinski definition) is 0. The highest BCUT2D eigenvalue weighted by molar-refractivity contribution is 6.31. The molecule has 1 fully saturated rings. The van der Waals surface area contributed by atoms with E-state index in [4.69, 9.17) is 30.4 Å². The monoisotopic (exact) mass is 602 g/mol. The van der Waals surface area contributed by atoms with Gasteiger partial charge >= 0.3 is 5.97 Å². The second-order valence-corrected chi connectivity index (χ2v) is 11.7. The number of aryl methyl sites for hydroxylation is 1. The molecule has 224 valence electrons. The number of carbonyl (C=O) groups is 1. The minimum Gasteiger partial charge on any atom is -0.489 e. The number of aromatic nitrogens is 3. The van der Waals surface area contributed by atoms with Gasteiger partial charge in [-0.2, -0.15) is 5.10 Å². The first kappa shape index (κ1) is 29.0. The van der Waals surface area contributed by atoms with Crippen LogP contribution < -0.4 is 4.74 Å². The third-order valence-electron chi connectivity index (χ3n) is 7.84. The fourth-order valence-corrected chi connectivity index (χ4v) is 5.79. The molecule has 2 aromatic heterocycles. The molecule has 43 heavy (non-hydrogen) atoms. The number of rotatable bonds is 11. The Bertz CT molecular complexity index is 1670. The largest absolute Gasteiger partial charge is 0.489 e. The molecule has 1 aliphatic carbocycles. The molecular formula is C33H35ClN4O5. The van der Waals surface area contributed by atoms with E-state index in [9.17, 15) is 4.79 Å². The fraction of sp³-hybridized carbons (Fsp3) is 0.394. The number of carbonyl (C=O) groups excluding carboxylic acids is 1. The summed E-state index contributed by atoms with van der Waals surface area (Å²) in [7, 11) is 1.33. The first-order chi connectivity index (χ1) is 20.9. The van der Waals surface area contributed by atoms with Gasteiger partial charge in [0.15, 0.2) is 11.8 Å². The predicted molar refractivity (Wildman–Crippen MR) is 163 cm³/mol. The van der Waals surface area contributed by atoms with Crippen molar-refractivity contribution < 1.29 is 23.6 Å². The summed E-state index contributed by atoms with van der Waals surface area (Å²) in [6, 6.07) is 15.7. The van der Waals surface area contributed by atoms with E-state index in [1.54, 1.807) is 16.8 Å². The number of oxime groups is 1. The predicted octanol–water partition coefficient (Wildman–Crippen LogP) is 7.83. The molecular weight excluding hydrogens is 568 g/mol. The maximum Gasteiger partial charge on any atom is 0.358 e. The molecule has 4 aromatic rings. The average Bonchev–Trinajstić information content (AvgIpc) is 3.38. The normalized spacial score (nSPS) is 16.3. The maximum atomic E-state index is 12.1. The standard InChI is InChI=1S/C33H35ClN4O5/c1-5-8-20-9-6-7-10-23(20)31-25(32(43-37-31)21-11-12-21)18-41-22-13-14-24(26(34)15-22)30-17-27(36-42-30)29-16-28(33(39)40-4)35-38(29)19(2)3/h6-7,9-10,13-16,19,21,30H,5,8,11-12,17-18H2,1-4H3. The third kappa shape index (κ3) is 5.91. The van der Waals surface area contributed by atoms with Crippen molar-refractivity contribution in [3.05, 3.63) is 87.4 Å². The average molecular weight is 603 g/mol. The van der Waals surface area contributed by atoms with E-state index in [0.717, 1.165) is 53.8 Å². The Morgan fingerprint density at radius 2 is 1.98 bits per heavy atom. The van der Waals surface area contributed by atoms with Crippen LogP contribution in [-0.4, -0.2) is 33.7 Å². The Kier molecular flexibility index (Phi) is 8.25. The molecule has 0 amide bonds. The summed E-state index contributed by atoms with van der Waals surface area (Å²) >= 11 is 6.76. The second-order valence-electron chi connectivity index (χ2n) is 11.3. The molecule has 1 aliphatic heterocycles. The molecule has 2 aromatic carbocycles. The van der Waals surface area contributed by atoms with Gasteiger partial charge in [0.25, 0.3) is 0 Å². The van der Waals surface area contributed by atoms with Crippen LogP contribution in [0.5, 0.6) is 5.75 Å². The molecule has 1 saturated carbocycles. The van der Waals surface area contributed by atoms with Crippen molar-refractivity contribution in [2.75, 3.05) is 7.11 Å². The Balaban J connectivity index is 1.18. The number of esters is 1. The molecule has 6 rings (SSSR count). The number of benzene rings is 2. The van der Waals surface area contributed by atoms with Gasteiger partial charge in [-0.1, -0.05) is 65.6 Å². The first-order valence-electron chi connectivity index (χ1n) is 14.8. The van der Waals surface area contributed by atoms with Gasteiger partial charge in [-0.05, 0) is 50.8 Å². The van der Waals surface area contributed by atoms with E-state index in [2.05, 4.69) is 40.5 Å². The van der Waals surface area contributed by atoms with Crippen LogP contribution in [0.15, 0.2) is 58.2 Å². The van der Waals surface area contributed by atoms with Crippen LogP contribution in [0.2, 0.25) is 5.02 Å². The zero-order valence-electron chi connectivity index (χ0n) is 24.8. The lowest BCUT2D eigenvalue weighted by molar-refractivity contribution is 0.0592. The number of halogens is 1. The molecule has 1 unspecified atom stereocenters. The van der Waals surface area contributed by atoms with Crippen LogP contribution in [0, 0.1) is 0 Å². The van der Waals surface area contributed by atoms with Crippen molar-refractivity contribution in [2.45, 2.75) is 77.5 Å². The van der Waals surface area contributed by atoms with Gasteiger partial charge in [0.1, 0.15) is 29.5 Å². The van der Waals surface area contributed by atoms with E-state index < -0.39 is 5.97 Å². The minimum atomic E-state index is -0.497. The molecule has 0 N–H and O–H groups in total. The van der Waals surface area contributed by atoms with Gasteiger partial charge in [-0.25, -0.2) is 4.79 Å². The van der Waals surface area contributed by atoms with Gasteiger partial charge in [-0.3, -0.25) is 4.68 Å². The highest BCUT2D eigenvalue weighted by atomic mass is 35.5. The summed E-state index contributed by atoms with van der Waals surface area (Å²) in [5, 5.41) is 13.8. The molecule has 9 nitrogen and oxygen atoms in total. The van der Waals surface area contributed by atoms with Crippen LogP contribution in [0.3, 0.4) is 0 Å². The van der Waals surface area contributed by atoms with Crippen LogP contribution in [0.1, 0.15) is 103 Å². The van der Waals surface area contributed by atoms with Crippen LogP contribution in [0.25, 0.3) is 11.3 Å².